The zero-order valence-electron chi connectivity index (χ0n) is 13.0. The van der Waals surface area contributed by atoms with E-state index in [0.717, 1.165) is 19.4 Å². The Morgan fingerprint density at radius 1 is 1.08 bits per heavy atom. The number of pyridine rings is 1. The second-order valence-corrected chi connectivity index (χ2v) is 5.16. The number of aromatic nitrogens is 1. The molecule has 1 aromatic carbocycles. The second-order valence-electron chi connectivity index (χ2n) is 5.16. The summed E-state index contributed by atoms with van der Waals surface area (Å²) in [5.74, 6) is -1.74. The number of hydrogen-bond donors (Lipinski definition) is 3. The van der Waals surface area contributed by atoms with Crippen LogP contribution in [0.25, 0.3) is 0 Å². The molecule has 2 rings (SSSR count). The van der Waals surface area contributed by atoms with Gasteiger partial charge in [0.2, 0.25) is 5.91 Å². The van der Waals surface area contributed by atoms with Crippen LogP contribution in [0.5, 0.6) is 5.75 Å². The molecular formula is C17H19BrN2O4. The predicted molar refractivity (Wildman–Crippen MR) is 84.2 cm³/mol. The molecule has 0 fully saturated rings. The van der Waals surface area contributed by atoms with Crippen LogP contribution >= 0.6 is 0 Å². The van der Waals surface area contributed by atoms with Crippen molar-refractivity contribution in [1.29, 1.82) is 0 Å². The Kier molecular flexibility index (Phi) is 7.91. The van der Waals surface area contributed by atoms with E-state index in [9.17, 15) is 14.7 Å². The minimum absolute atomic E-state index is 0. The molecule has 24 heavy (non-hydrogen) atoms. The van der Waals surface area contributed by atoms with Crippen LogP contribution in [0, 0.1) is 0 Å². The zero-order chi connectivity index (χ0) is 16.7. The molecule has 0 atom stereocenters. The maximum absolute atomic E-state index is 11.9. The van der Waals surface area contributed by atoms with Crippen molar-refractivity contribution >= 4 is 17.6 Å². The fraction of sp³-hybridized carbons (Fsp3) is 0.235. The first-order chi connectivity index (χ1) is 11.1. The quantitative estimate of drug-likeness (QED) is 0.325. The lowest BCUT2D eigenvalue weighted by Crippen LogP contribution is -3.00. The molecule has 0 bridgehead atoms. The molecule has 0 unspecified atom stereocenters. The molecule has 0 aliphatic rings. The monoisotopic (exact) mass is 394 g/mol. The first-order valence-corrected chi connectivity index (χ1v) is 7.36. The second kappa shape index (κ2) is 9.67. The van der Waals surface area contributed by atoms with E-state index in [-0.39, 0.29) is 34.2 Å². The van der Waals surface area contributed by atoms with Crippen molar-refractivity contribution in [3.63, 3.8) is 0 Å². The number of carbonyl (C=O) groups is 2. The van der Waals surface area contributed by atoms with Gasteiger partial charge >= 0.3 is 5.97 Å². The van der Waals surface area contributed by atoms with Crippen molar-refractivity contribution < 1.29 is 41.4 Å². The predicted octanol–water partition coefficient (Wildman–Crippen LogP) is -0.809. The van der Waals surface area contributed by atoms with Gasteiger partial charge in [0.1, 0.15) is 17.9 Å². The van der Waals surface area contributed by atoms with Gasteiger partial charge in [-0.2, -0.15) is 0 Å². The van der Waals surface area contributed by atoms with E-state index in [1.165, 1.54) is 18.2 Å². The van der Waals surface area contributed by atoms with Crippen LogP contribution in [0.4, 0.5) is 5.69 Å². The third-order valence-electron chi connectivity index (χ3n) is 3.36. The summed E-state index contributed by atoms with van der Waals surface area (Å²) in [6.07, 6.45) is 5.92. The summed E-state index contributed by atoms with van der Waals surface area (Å²) >= 11 is 0. The smallest absolute Gasteiger partial charge is 0.339 e. The van der Waals surface area contributed by atoms with Gasteiger partial charge in [0.15, 0.2) is 12.4 Å². The van der Waals surface area contributed by atoms with Crippen molar-refractivity contribution in [1.82, 2.24) is 0 Å². The van der Waals surface area contributed by atoms with Crippen molar-refractivity contribution in [3.8, 4) is 5.75 Å². The van der Waals surface area contributed by atoms with E-state index < -0.39 is 5.97 Å². The standard InChI is InChI=1S/C17H18N2O4.BrH/c20-15-8-7-13(12-14(15)17(22)23)18-16(21)6-2-5-11-19-9-3-1-4-10-19;/h1,3-4,7-10,12H,2,5-6,11H2,(H2-,18,20,21,22,23);1H. The highest BCUT2D eigenvalue weighted by molar-refractivity contribution is 5.95. The number of carbonyl (C=O) groups excluding carboxylic acids is 1. The highest BCUT2D eigenvalue weighted by Crippen LogP contribution is 2.21. The molecular weight excluding hydrogens is 376 g/mol. The van der Waals surface area contributed by atoms with Gasteiger partial charge in [-0.05, 0) is 24.6 Å². The molecule has 1 aromatic heterocycles. The number of aromatic hydroxyl groups is 1. The summed E-state index contributed by atoms with van der Waals surface area (Å²) in [7, 11) is 0. The number of aromatic carboxylic acids is 1. The van der Waals surface area contributed by atoms with Crippen molar-refractivity contribution in [2.75, 3.05) is 5.32 Å². The average Bonchev–Trinajstić information content (AvgIpc) is 2.54. The molecule has 0 saturated carbocycles. The molecule has 128 valence electrons. The van der Waals surface area contributed by atoms with Crippen molar-refractivity contribution in [2.24, 2.45) is 0 Å². The Labute approximate surface area is 150 Å². The summed E-state index contributed by atoms with van der Waals surface area (Å²) in [4.78, 5) is 22.8. The van der Waals surface area contributed by atoms with Crippen molar-refractivity contribution in [2.45, 2.75) is 25.8 Å². The van der Waals surface area contributed by atoms with Gasteiger partial charge in [0.25, 0.3) is 0 Å². The number of phenols is 1. The van der Waals surface area contributed by atoms with Gasteiger partial charge in [0.05, 0.1) is 0 Å². The number of carboxylic acid groups (broad SMARTS) is 1. The van der Waals surface area contributed by atoms with E-state index >= 15 is 0 Å². The van der Waals surface area contributed by atoms with Gasteiger partial charge in [0, 0.05) is 30.7 Å². The lowest BCUT2D eigenvalue weighted by Gasteiger charge is -2.07. The normalized spacial score (nSPS) is 9.83. The Bertz CT molecular complexity index is 692. The number of benzene rings is 1. The van der Waals surface area contributed by atoms with Crippen LogP contribution in [-0.2, 0) is 11.3 Å². The minimum Gasteiger partial charge on any atom is -1.00 e. The van der Waals surface area contributed by atoms with E-state index in [1.807, 2.05) is 30.6 Å². The molecule has 3 N–H and O–H groups in total. The molecule has 1 amide bonds. The average molecular weight is 395 g/mol. The van der Waals surface area contributed by atoms with Crippen LogP contribution in [0.15, 0.2) is 48.8 Å². The maximum Gasteiger partial charge on any atom is 0.339 e. The van der Waals surface area contributed by atoms with E-state index in [1.54, 1.807) is 0 Å². The molecule has 6 nitrogen and oxygen atoms in total. The Morgan fingerprint density at radius 3 is 2.46 bits per heavy atom. The molecule has 0 saturated heterocycles. The summed E-state index contributed by atoms with van der Waals surface area (Å²) in [5, 5.41) is 21.0. The van der Waals surface area contributed by atoms with Gasteiger partial charge in [-0.1, -0.05) is 6.07 Å². The minimum atomic E-state index is -1.24. The van der Waals surface area contributed by atoms with E-state index in [2.05, 4.69) is 9.88 Å². The Hall–Kier alpha value is -2.41. The largest absolute Gasteiger partial charge is 1.00 e. The first kappa shape index (κ1) is 19.6. The number of nitrogens with zero attached hydrogens (tertiary/aromatic N) is 1. The highest BCUT2D eigenvalue weighted by atomic mass is 79.9. The molecule has 0 radical (unpaired) electrons. The number of halogens is 1. The molecule has 2 aromatic rings. The van der Waals surface area contributed by atoms with E-state index in [0.29, 0.717) is 12.1 Å². The SMILES string of the molecule is O=C(CCCC[n+]1ccccc1)Nc1ccc(O)c(C(=O)O)c1.[Br-]. The maximum atomic E-state index is 11.9. The molecule has 7 heteroatoms. The number of unbranched alkanes of at least 4 members (excludes halogenated alkanes) is 1. The number of hydrogen-bond acceptors (Lipinski definition) is 3. The summed E-state index contributed by atoms with van der Waals surface area (Å²) < 4.78 is 2.05. The summed E-state index contributed by atoms with van der Waals surface area (Å²) in [6, 6.07) is 9.84. The molecule has 0 spiro atoms. The Morgan fingerprint density at radius 2 is 1.79 bits per heavy atom. The fourth-order valence-corrected chi connectivity index (χ4v) is 2.17. The number of anilines is 1. The van der Waals surface area contributed by atoms with Gasteiger partial charge in [-0.15, -0.1) is 0 Å². The number of nitrogens with one attached hydrogen (secondary N) is 1. The number of amides is 1. The van der Waals surface area contributed by atoms with E-state index in [4.69, 9.17) is 5.11 Å². The highest BCUT2D eigenvalue weighted by Gasteiger charge is 2.11. The number of carboxylic acids is 1. The summed E-state index contributed by atoms with van der Waals surface area (Å²) in [5.41, 5.74) is 0.130. The van der Waals surface area contributed by atoms with Crippen LogP contribution in [0.2, 0.25) is 0 Å². The summed E-state index contributed by atoms with van der Waals surface area (Å²) in [6.45, 7) is 0.844. The van der Waals surface area contributed by atoms with Crippen molar-refractivity contribution in [3.05, 3.63) is 54.4 Å². The van der Waals surface area contributed by atoms with Crippen LogP contribution < -0.4 is 26.9 Å². The van der Waals surface area contributed by atoms with Gasteiger partial charge < -0.3 is 32.5 Å². The number of rotatable bonds is 7. The Balaban J connectivity index is 0.00000288. The first-order valence-electron chi connectivity index (χ1n) is 7.36. The van der Waals surface area contributed by atoms with Crippen LogP contribution in [0.3, 0.4) is 0 Å². The fourth-order valence-electron chi connectivity index (χ4n) is 2.17. The lowest BCUT2D eigenvalue weighted by molar-refractivity contribution is -0.697. The van der Waals surface area contributed by atoms with Gasteiger partial charge in [-0.25, -0.2) is 9.36 Å². The zero-order valence-corrected chi connectivity index (χ0v) is 14.6. The third kappa shape index (κ3) is 6.00. The third-order valence-corrected chi connectivity index (χ3v) is 3.36. The van der Waals surface area contributed by atoms with Gasteiger partial charge in [-0.3, -0.25) is 4.79 Å². The lowest BCUT2D eigenvalue weighted by atomic mass is 10.1. The number of aryl methyl sites for hydroxylation is 1. The molecule has 0 aliphatic carbocycles. The molecule has 0 aliphatic heterocycles. The topological polar surface area (TPSA) is 90.5 Å². The van der Waals surface area contributed by atoms with Crippen LogP contribution in [-0.4, -0.2) is 22.1 Å². The van der Waals surface area contributed by atoms with Crippen LogP contribution in [0.1, 0.15) is 29.6 Å². The molecule has 1 heterocycles.